The van der Waals surface area contributed by atoms with Crippen LogP contribution in [-0.4, -0.2) is 0 Å². The van der Waals surface area contributed by atoms with E-state index in [0.717, 1.165) is 56.4 Å². The van der Waals surface area contributed by atoms with Gasteiger partial charge < -0.3 is 9.80 Å². The fraction of sp³-hybridized carbons (Fsp3) is 0. The zero-order valence-electron chi connectivity index (χ0n) is 49.8. The maximum absolute atomic E-state index is 2.47. The molecule has 91 heavy (non-hydrogen) atoms. The molecular weight excluding hydrogens is 1120 g/mol. The van der Waals surface area contributed by atoms with Crippen molar-refractivity contribution in [2.45, 2.75) is 0 Å². The molecule has 0 unspecified atom stereocenters. The summed E-state index contributed by atoms with van der Waals surface area (Å²) < 4.78 is 2.64. The first-order chi connectivity index (χ1) is 45.1. The van der Waals surface area contributed by atoms with E-state index in [9.17, 15) is 0 Å². The standard InChI is InChI=1S/C88H58N2S/c1-3-18-59(19-4-1)60-36-38-64(39-37-60)80-29-11-13-34-85(80)90(86-53-52-77(61-20-5-2-6-21-61)81-30-9-10-31-82(81)86)73-27-16-25-66(56-73)65-24-15-26-72(55-65)89(71-46-42-63(43-47-71)76-33-17-23-62-22-7-8-28-75(62)76)74-48-51-79-70(57-74)41-40-69-54-67(44-49-78(69)79)68-45-50-84-83-32-12-14-35-87(83)91-88(84)58-68/h1-58H. The Kier molecular flexibility index (Phi) is 13.4. The van der Waals surface area contributed by atoms with Crippen LogP contribution in [0.5, 0.6) is 0 Å². The highest BCUT2D eigenvalue weighted by Gasteiger charge is 2.23. The number of nitrogens with zero attached hydrogens (tertiary/aromatic N) is 2. The minimum absolute atomic E-state index is 1.06. The van der Waals surface area contributed by atoms with Crippen LogP contribution in [0.3, 0.4) is 0 Å². The van der Waals surface area contributed by atoms with E-state index in [1.807, 2.05) is 11.3 Å². The number of benzene rings is 16. The quantitative estimate of drug-likeness (QED) is 0.113. The number of hydrogen-bond donors (Lipinski definition) is 0. The van der Waals surface area contributed by atoms with Gasteiger partial charge in [0.25, 0.3) is 0 Å². The predicted molar refractivity (Wildman–Crippen MR) is 391 cm³/mol. The summed E-state index contributed by atoms with van der Waals surface area (Å²) in [6, 6.07) is 129. The molecule has 3 heteroatoms. The lowest BCUT2D eigenvalue weighted by atomic mass is 9.95. The highest BCUT2D eigenvalue weighted by atomic mass is 32.1. The summed E-state index contributed by atoms with van der Waals surface area (Å²) in [5.41, 5.74) is 20.6. The molecule has 2 nitrogen and oxygen atoms in total. The van der Waals surface area contributed by atoms with Crippen LogP contribution in [0, 0.1) is 0 Å². The molecule has 0 N–H and O–H groups in total. The molecule has 0 fully saturated rings. The van der Waals surface area contributed by atoms with Crippen molar-refractivity contribution in [2.75, 3.05) is 9.80 Å². The van der Waals surface area contributed by atoms with Gasteiger partial charge in [-0.2, -0.15) is 0 Å². The van der Waals surface area contributed by atoms with Gasteiger partial charge in [-0.15, -0.1) is 11.3 Å². The monoisotopic (exact) mass is 1170 g/mol. The number of hydrogen-bond acceptors (Lipinski definition) is 3. The van der Waals surface area contributed by atoms with Crippen molar-refractivity contribution in [3.63, 3.8) is 0 Å². The first-order valence-corrected chi connectivity index (χ1v) is 32.0. The van der Waals surface area contributed by atoms with Crippen LogP contribution in [0.25, 0.3) is 130 Å². The lowest BCUT2D eigenvalue weighted by Gasteiger charge is -2.30. The van der Waals surface area contributed by atoms with Crippen molar-refractivity contribution in [3.05, 3.63) is 352 Å². The molecule has 426 valence electrons. The summed E-state index contributed by atoms with van der Waals surface area (Å²) in [6.07, 6.45) is 0. The van der Waals surface area contributed by atoms with Crippen LogP contribution in [-0.2, 0) is 0 Å². The number of anilines is 6. The maximum Gasteiger partial charge on any atom is 0.0540 e. The van der Waals surface area contributed by atoms with Crippen LogP contribution in [0.1, 0.15) is 0 Å². The molecule has 17 rings (SSSR count). The van der Waals surface area contributed by atoms with Crippen molar-refractivity contribution in [1.29, 1.82) is 0 Å². The summed E-state index contributed by atoms with van der Waals surface area (Å²) in [4.78, 5) is 4.89. The number of para-hydroxylation sites is 1. The average molecular weight is 1180 g/mol. The maximum atomic E-state index is 2.47. The SMILES string of the molecule is c1ccc(-c2ccc(-c3ccccc3N(c3cccc(-c4cccc(N(c5ccc(-c6cccc7ccccc67)cc5)c5ccc6c(ccc7cc(-c8ccc9c(c8)sc8ccccc89)ccc76)c5)c4)c3)c3ccc(-c4ccccc4)c4ccccc34)cc2)cc1. The third kappa shape index (κ3) is 9.86. The molecule has 0 spiro atoms. The van der Waals surface area contributed by atoms with E-state index in [0.29, 0.717) is 0 Å². The highest BCUT2D eigenvalue weighted by Crippen LogP contribution is 2.48. The van der Waals surface area contributed by atoms with E-state index in [1.54, 1.807) is 0 Å². The van der Waals surface area contributed by atoms with E-state index in [-0.39, 0.29) is 0 Å². The van der Waals surface area contributed by atoms with E-state index in [2.05, 4.69) is 362 Å². The predicted octanol–water partition coefficient (Wildman–Crippen LogP) is 25.6. The third-order valence-corrected chi connectivity index (χ3v) is 19.4. The Balaban J connectivity index is 0.781. The fourth-order valence-corrected chi connectivity index (χ4v) is 14.9. The molecule has 0 saturated carbocycles. The van der Waals surface area contributed by atoms with E-state index < -0.39 is 0 Å². The van der Waals surface area contributed by atoms with Gasteiger partial charge in [0.2, 0.25) is 0 Å². The molecule has 0 aliphatic heterocycles. The smallest absolute Gasteiger partial charge is 0.0540 e. The van der Waals surface area contributed by atoms with E-state index in [1.165, 1.54) is 108 Å². The zero-order valence-corrected chi connectivity index (χ0v) is 50.6. The van der Waals surface area contributed by atoms with Crippen molar-refractivity contribution < 1.29 is 0 Å². The lowest BCUT2D eigenvalue weighted by Crippen LogP contribution is -2.12. The van der Waals surface area contributed by atoms with Gasteiger partial charge in [-0.25, -0.2) is 0 Å². The molecule has 0 amide bonds. The molecular formula is C88H58N2S. The summed E-state index contributed by atoms with van der Waals surface area (Å²) >= 11 is 1.87. The molecule has 0 atom stereocenters. The van der Waals surface area contributed by atoms with Crippen LogP contribution in [0.15, 0.2) is 352 Å². The first-order valence-electron chi connectivity index (χ1n) is 31.2. The second-order valence-electron chi connectivity index (χ2n) is 23.6. The fourth-order valence-electron chi connectivity index (χ4n) is 13.8. The Hall–Kier alpha value is -11.6. The molecule has 0 radical (unpaired) electrons. The molecule has 0 aliphatic carbocycles. The second kappa shape index (κ2) is 22.8. The third-order valence-electron chi connectivity index (χ3n) is 18.2. The highest BCUT2D eigenvalue weighted by molar-refractivity contribution is 7.25. The second-order valence-corrected chi connectivity index (χ2v) is 24.6. The minimum Gasteiger partial charge on any atom is -0.310 e. The Labute approximate surface area is 533 Å². The normalized spacial score (nSPS) is 11.5. The molecule has 16 aromatic carbocycles. The van der Waals surface area contributed by atoms with Crippen molar-refractivity contribution >= 4 is 109 Å². The summed E-state index contributed by atoms with van der Waals surface area (Å²) in [7, 11) is 0. The van der Waals surface area contributed by atoms with Crippen molar-refractivity contribution in [1.82, 2.24) is 0 Å². The molecule has 0 saturated heterocycles. The van der Waals surface area contributed by atoms with Crippen LogP contribution >= 0.6 is 11.3 Å². The van der Waals surface area contributed by atoms with Gasteiger partial charge in [0.15, 0.2) is 0 Å². The Morgan fingerprint density at radius 2 is 0.626 bits per heavy atom. The van der Waals surface area contributed by atoms with Gasteiger partial charge in [-0.05, 0) is 178 Å². The molecule has 1 heterocycles. The minimum atomic E-state index is 1.06. The zero-order chi connectivity index (χ0) is 60.2. The summed E-state index contributed by atoms with van der Waals surface area (Å²) in [5, 5.41) is 12.4. The first kappa shape index (κ1) is 53.6. The molecule has 0 aliphatic rings. The topological polar surface area (TPSA) is 6.48 Å². The van der Waals surface area contributed by atoms with Crippen molar-refractivity contribution in [2.24, 2.45) is 0 Å². The van der Waals surface area contributed by atoms with E-state index in [4.69, 9.17) is 0 Å². The van der Waals surface area contributed by atoms with Crippen LogP contribution in [0.4, 0.5) is 34.1 Å². The Morgan fingerprint density at radius 3 is 1.40 bits per heavy atom. The largest absolute Gasteiger partial charge is 0.310 e. The van der Waals surface area contributed by atoms with Crippen LogP contribution < -0.4 is 9.80 Å². The van der Waals surface area contributed by atoms with E-state index >= 15 is 0 Å². The van der Waals surface area contributed by atoms with Crippen LogP contribution in [0.2, 0.25) is 0 Å². The van der Waals surface area contributed by atoms with Gasteiger partial charge in [-0.1, -0.05) is 273 Å². The number of rotatable bonds is 12. The number of thiophene rings is 1. The summed E-state index contributed by atoms with van der Waals surface area (Å²) in [5.74, 6) is 0. The Bertz CT molecular complexity index is 5590. The van der Waals surface area contributed by atoms with Gasteiger partial charge in [-0.3, -0.25) is 0 Å². The Morgan fingerprint density at radius 1 is 0.176 bits per heavy atom. The van der Waals surface area contributed by atoms with Gasteiger partial charge >= 0.3 is 0 Å². The van der Waals surface area contributed by atoms with Gasteiger partial charge in [0, 0.05) is 53.9 Å². The molecule has 0 bridgehead atoms. The van der Waals surface area contributed by atoms with Crippen molar-refractivity contribution in [3.8, 4) is 66.8 Å². The molecule has 1 aromatic heterocycles. The summed E-state index contributed by atoms with van der Waals surface area (Å²) in [6.45, 7) is 0. The average Bonchev–Trinajstić information content (AvgIpc) is 1.14. The van der Waals surface area contributed by atoms with Gasteiger partial charge in [0.05, 0.1) is 11.4 Å². The number of fused-ring (bicyclic) bond motifs is 8. The van der Waals surface area contributed by atoms with Gasteiger partial charge in [0.1, 0.15) is 0 Å². The molecule has 17 aromatic rings. The lowest BCUT2D eigenvalue weighted by molar-refractivity contribution is 1.29.